The van der Waals surface area contributed by atoms with Gasteiger partial charge in [0.1, 0.15) is 0 Å². The van der Waals surface area contributed by atoms with E-state index in [2.05, 4.69) is 45.2 Å². The van der Waals surface area contributed by atoms with E-state index >= 15 is 0 Å². The van der Waals surface area contributed by atoms with Gasteiger partial charge in [0.15, 0.2) is 0 Å². The fourth-order valence-electron chi connectivity index (χ4n) is 0.757. The first kappa shape index (κ1) is 17.8. The second-order valence-corrected chi connectivity index (χ2v) is 4.57. The first-order valence-corrected chi connectivity index (χ1v) is 10.1. The molecule has 0 aliphatic heterocycles. The Bertz CT molecular complexity index is 366. The van der Waals surface area contributed by atoms with E-state index in [1.54, 1.807) is 24.3 Å². The number of alkyl halides is 2. The van der Waals surface area contributed by atoms with Crippen LogP contribution in [0.4, 0.5) is 5.69 Å². The van der Waals surface area contributed by atoms with Crippen molar-refractivity contribution in [3.63, 3.8) is 0 Å². The fraction of sp³-hybridized carbons (Fsp3) is 0.333. The molecule has 6 heteroatoms. The zero-order valence-electron chi connectivity index (χ0n) is 8.96. The zero-order valence-corrected chi connectivity index (χ0v) is 14.1. The highest BCUT2D eigenvalue weighted by atomic mass is 127. The summed E-state index contributed by atoms with van der Waals surface area (Å²) in [6.07, 6.45) is 1.38. The van der Waals surface area contributed by atoms with Gasteiger partial charge >= 0.3 is 0 Å². The van der Waals surface area contributed by atoms with Gasteiger partial charge in [0, 0.05) is 16.8 Å². The maximum atomic E-state index is 11.2. The van der Waals surface area contributed by atoms with Gasteiger partial charge in [-0.2, -0.15) is 0 Å². The van der Waals surface area contributed by atoms with E-state index < -0.39 is 9.73 Å². The van der Waals surface area contributed by atoms with E-state index in [0.717, 1.165) is 0 Å². The second-order valence-electron chi connectivity index (χ2n) is 2.42. The number of nitrogen functional groups attached to an aromatic ring is 1. The van der Waals surface area contributed by atoms with E-state index in [1.807, 2.05) is 9.86 Å². The van der Waals surface area contributed by atoms with Crippen LogP contribution in [0, 0.1) is 4.78 Å². The molecule has 3 nitrogen and oxygen atoms in total. The van der Waals surface area contributed by atoms with Crippen LogP contribution in [0.2, 0.25) is 0 Å². The summed E-state index contributed by atoms with van der Waals surface area (Å²) >= 11 is 4.30. The quantitative estimate of drug-likeness (QED) is 0.388. The molecule has 1 atom stereocenters. The smallest absolute Gasteiger partial charge is 0.0697 e. The monoisotopic (exact) mass is 454 g/mol. The Hall–Kier alpha value is 0.430. The highest BCUT2D eigenvalue weighted by Gasteiger charge is 2.01. The number of nitrogens with two attached hydrogens (primary N) is 1. The van der Waals surface area contributed by atoms with Crippen molar-refractivity contribution in [3.05, 3.63) is 24.3 Å². The van der Waals surface area contributed by atoms with Gasteiger partial charge in [-0.05, 0) is 28.1 Å². The Morgan fingerprint density at radius 2 is 1.73 bits per heavy atom. The summed E-state index contributed by atoms with van der Waals surface area (Å²) in [5, 5.41) is 0. The van der Waals surface area contributed by atoms with Crippen molar-refractivity contribution >= 4 is 60.6 Å². The number of halogens is 2. The lowest BCUT2D eigenvalue weighted by molar-refractivity contribution is 0.679. The number of rotatable bonds is 1. The van der Waals surface area contributed by atoms with Gasteiger partial charge in [-0.25, -0.2) is 8.99 Å². The third-order valence-electron chi connectivity index (χ3n) is 1.31. The normalized spacial score (nSPS) is 12.3. The summed E-state index contributed by atoms with van der Waals surface area (Å²) < 4.78 is 18.4. The lowest BCUT2D eigenvalue weighted by atomic mass is 10.3. The van der Waals surface area contributed by atoms with Crippen molar-refractivity contribution in [3.8, 4) is 0 Å². The number of hydrogen-bond donors (Lipinski definition) is 2. The van der Waals surface area contributed by atoms with E-state index in [1.165, 1.54) is 6.26 Å². The van der Waals surface area contributed by atoms with Gasteiger partial charge in [-0.15, -0.1) is 0 Å². The largest absolute Gasteiger partial charge is 0.399 e. The average Bonchev–Trinajstić information content (AvgIpc) is 2.23. The van der Waals surface area contributed by atoms with Crippen LogP contribution in [0.3, 0.4) is 0 Å². The van der Waals surface area contributed by atoms with Crippen molar-refractivity contribution < 1.29 is 4.21 Å². The molecule has 1 aromatic rings. The number of nitrogens with one attached hydrogen (secondary N) is 1. The molecule has 0 radical (unpaired) electrons. The topological polar surface area (TPSA) is 66.9 Å². The van der Waals surface area contributed by atoms with E-state index in [0.29, 0.717) is 10.6 Å². The summed E-state index contributed by atoms with van der Waals surface area (Å²) in [5.41, 5.74) is 5.99. The Morgan fingerprint density at radius 1 is 1.27 bits per heavy atom. The predicted octanol–water partition coefficient (Wildman–Crippen LogP) is 3.41. The van der Waals surface area contributed by atoms with Gasteiger partial charge in [0.05, 0.1) is 9.73 Å². The molecule has 15 heavy (non-hydrogen) atoms. The Morgan fingerprint density at radius 3 is 2.00 bits per heavy atom. The molecule has 0 fully saturated rings. The van der Waals surface area contributed by atoms with Crippen molar-refractivity contribution in [2.24, 2.45) is 0 Å². The van der Waals surface area contributed by atoms with Crippen molar-refractivity contribution in [1.82, 2.24) is 0 Å². The number of hydrogen-bond acceptors (Lipinski definition) is 3. The Labute approximate surface area is 119 Å². The number of benzene rings is 1. The van der Waals surface area contributed by atoms with Gasteiger partial charge < -0.3 is 5.73 Å². The van der Waals surface area contributed by atoms with Crippen molar-refractivity contribution in [2.45, 2.75) is 4.90 Å². The zero-order chi connectivity index (χ0) is 12.5. The molecule has 0 bridgehead atoms. The third kappa shape index (κ3) is 8.26. The van der Waals surface area contributed by atoms with Crippen LogP contribution in [0.25, 0.3) is 0 Å². The van der Waals surface area contributed by atoms with Gasteiger partial charge in [-0.1, -0.05) is 51.2 Å². The minimum absolute atomic E-state index is 0.484. The average molecular weight is 454 g/mol. The van der Waals surface area contributed by atoms with E-state index in [9.17, 15) is 4.21 Å². The highest BCUT2D eigenvalue weighted by molar-refractivity contribution is 14.1. The lowest BCUT2D eigenvalue weighted by Gasteiger charge is -2.00. The molecular formula is C9H16I2N2OS. The molecule has 0 spiro atoms. The summed E-state index contributed by atoms with van der Waals surface area (Å²) in [4.78, 5) is 4.42. The molecule has 88 valence electrons. The lowest BCUT2D eigenvalue weighted by Crippen LogP contribution is -1.95. The maximum Gasteiger partial charge on any atom is 0.0697 e. The van der Waals surface area contributed by atoms with Crippen LogP contribution in [0.15, 0.2) is 29.2 Å². The molecule has 1 aromatic carbocycles. The first-order valence-electron chi connectivity index (χ1n) is 3.85. The minimum Gasteiger partial charge on any atom is -0.399 e. The minimum atomic E-state index is -2.61. The molecule has 0 amide bonds. The molecule has 1 rings (SSSR count). The summed E-state index contributed by atoms with van der Waals surface area (Å²) in [6.45, 7) is 0. The second kappa shape index (κ2) is 9.64. The maximum absolute atomic E-state index is 11.2. The van der Waals surface area contributed by atoms with Crippen LogP contribution in [0.1, 0.15) is 0 Å². The molecule has 0 saturated heterocycles. The third-order valence-corrected chi connectivity index (χ3v) is 2.46. The Balaban J connectivity index is 0. The van der Waals surface area contributed by atoms with E-state index in [-0.39, 0.29) is 0 Å². The van der Waals surface area contributed by atoms with Crippen LogP contribution < -0.4 is 5.73 Å². The molecule has 0 heterocycles. The molecule has 0 aliphatic carbocycles. The molecule has 0 saturated carbocycles. The fourth-order valence-corrected chi connectivity index (χ4v) is 1.46. The molecule has 0 aliphatic rings. The SMILES string of the molecule is CI.CI.CS(=N)(=O)c1cccc(N)c1. The van der Waals surface area contributed by atoms with E-state index in [4.69, 9.17) is 10.5 Å². The molecule has 1 unspecified atom stereocenters. The highest BCUT2D eigenvalue weighted by Crippen LogP contribution is 2.12. The van der Waals surface area contributed by atoms with Crippen LogP contribution in [-0.2, 0) is 9.73 Å². The van der Waals surface area contributed by atoms with Gasteiger partial charge in [0.25, 0.3) is 0 Å². The number of anilines is 1. The van der Waals surface area contributed by atoms with Gasteiger partial charge in [-0.3, -0.25) is 0 Å². The van der Waals surface area contributed by atoms with Gasteiger partial charge in [0.2, 0.25) is 0 Å². The van der Waals surface area contributed by atoms with Crippen LogP contribution >= 0.6 is 45.2 Å². The van der Waals surface area contributed by atoms with Crippen molar-refractivity contribution in [1.29, 1.82) is 4.78 Å². The Kier molecular flexibility index (Phi) is 11.4. The van der Waals surface area contributed by atoms with Crippen LogP contribution in [0.5, 0.6) is 0 Å². The summed E-state index contributed by atoms with van der Waals surface area (Å²) in [6, 6.07) is 6.61. The van der Waals surface area contributed by atoms with Crippen LogP contribution in [-0.4, -0.2) is 20.3 Å². The van der Waals surface area contributed by atoms with Crippen molar-refractivity contribution in [2.75, 3.05) is 21.9 Å². The molecular weight excluding hydrogens is 438 g/mol. The molecule has 0 aromatic heterocycles. The standard InChI is InChI=1S/C7H10N2OS.2CH3I/c1-11(9,10)7-4-2-3-6(8)5-7;2*1-2/h2-5,9H,8H2,1H3;2*1H3. The summed E-state index contributed by atoms with van der Waals surface area (Å²) in [5.74, 6) is 0. The molecule has 3 N–H and O–H groups in total. The predicted molar refractivity (Wildman–Crippen MR) is 85.8 cm³/mol. The summed E-state index contributed by atoms with van der Waals surface area (Å²) in [7, 11) is -2.61. The first-order chi connectivity index (χ1) is 7.00.